The van der Waals surface area contributed by atoms with Crippen LogP contribution in [0.25, 0.3) is 11.0 Å². The van der Waals surface area contributed by atoms with Crippen molar-refractivity contribution in [2.24, 2.45) is 0 Å². The van der Waals surface area contributed by atoms with Gasteiger partial charge < -0.3 is 19.2 Å². The second-order valence-corrected chi connectivity index (χ2v) is 6.12. The summed E-state index contributed by atoms with van der Waals surface area (Å²) in [5.74, 6) is -1.32. The lowest BCUT2D eigenvalue weighted by Crippen LogP contribution is -2.31. The number of nitrogens with one attached hydrogen (secondary N) is 1. The average molecular weight is 407 g/mol. The lowest BCUT2D eigenvalue weighted by Gasteiger charge is -2.12. The Labute approximate surface area is 163 Å². The van der Waals surface area contributed by atoms with Crippen LogP contribution in [0.5, 0.6) is 5.75 Å². The molecule has 0 saturated carbocycles. The van der Waals surface area contributed by atoms with E-state index in [1.165, 1.54) is 0 Å². The Morgan fingerprint density at radius 3 is 2.45 bits per heavy atom. The van der Waals surface area contributed by atoms with Crippen molar-refractivity contribution in [3.05, 3.63) is 65.9 Å². The van der Waals surface area contributed by atoms with Crippen molar-refractivity contribution < 1.29 is 36.7 Å². The molecule has 29 heavy (non-hydrogen) atoms. The molecule has 1 N–H and O–H groups in total. The molecule has 6 nitrogen and oxygen atoms in total. The van der Waals surface area contributed by atoms with Gasteiger partial charge in [0.2, 0.25) is 0 Å². The number of benzene rings is 2. The van der Waals surface area contributed by atoms with Crippen molar-refractivity contribution in [3.63, 3.8) is 0 Å². The zero-order chi connectivity index (χ0) is 21.0. The summed E-state index contributed by atoms with van der Waals surface area (Å²) in [6.45, 7) is 1.17. The number of halogens is 3. The fraction of sp³-hybridized carbons (Fsp3) is 0.200. The Morgan fingerprint density at radius 1 is 1.10 bits per heavy atom. The molecule has 2 aromatic carbocycles. The minimum absolute atomic E-state index is 0.0161. The number of carbonyl (C=O) groups excluding carboxylic acids is 2. The number of alkyl halides is 3. The van der Waals surface area contributed by atoms with Gasteiger partial charge in [0.25, 0.3) is 5.91 Å². The third kappa shape index (κ3) is 5.50. The summed E-state index contributed by atoms with van der Waals surface area (Å²) in [6, 6.07) is 12.9. The maximum atomic E-state index is 12.1. The normalized spacial score (nSPS) is 12.4. The number of ether oxygens (including phenoxy) is 2. The monoisotopic (exact) mass is 407 g/mol. The quantitative estimate of drug-likeness (QED) is 0.614. The first kappa shape index (κ1) is 20.2. The van der Waals surface area contributed by atoms with Gasteiger partial charge in [0.15, 0.2) is 6.61 Å². The van der Waals surface area contributed by atoms with E-state index >= 15 is 0 Å². The lowest BCUT2D eigenvalue weighted by atomic mass is 10.2. The summed E-state index contributed by atoms with van der Waals surface area (Å²) >= 11 is 0. The van der Waals surface area contributed by atoms with Gasteiger partial charge in [-0.15, -0.1) is 13.2 Å². The van der Waals surface area contributed by atoms with Crippen LogP contribution in [0.4, 0.5) is 13.2 Å². The summed E-state index contributed by atoms with van der Waals surface area (Å²) in [5, 5.41) is 3.54. The number of hydrogen-bond acceptors (Lipinski definition) is 5. The zero-order valence-electron chi connectivity index (χ0n) is 15.2. The number of esters is 1. The number of furan rings is 1. The third-order valence-electron chi connectivity index (χ3n) is 3.91. The van der Waals surface area contributed by atoms with E-state index in [0.717, 1.165) is 29.7 Å². The third-order valence-corrected chi connectivity index (χ3v) is 3.91. The van der Waals surface area contributed by atoms with E-state index in [4.69, 9.17) is 9.15 Å². The van der Waals surface area contributed by atoms with Crippen molar-refractivity contribution in [1.29, 1.82) is 0 Å². The van der Waals surface area contributed by atoms with Crippen LogP contribution < -0.4 is 10.1 Å². The van der Waals surface area contributed by atoms with Crippen molar-refractivity contribution in [3.8, 4) is 5.75 Å². The van der Waals surface area contributed by atoms with Gasteiger partial charge in [-0.3, -0.25) is 4.79 Å². The van der Waals surface area contributed by atoms with E-state index < -0.39 is 36.6 Å². The van der Waals surface area contributed by atoms with E-state index in [1.54, 1.807) is 19.1 Å². The fourth-order valence-corrected chi connectivity index (χ4v) is 2.58. The molecular weight excluding hydrogens is 391 g/mol. The zero-order valence-corrected chi connectivity index (χ0v) is 15.2. The molecule has 0 bridgehead atoms. The molecule has 1 aromatic heterocycles. The van der Waals surface area contributed by atoms with E-state index in [9.17, 15) is 22.8 Å². The van der Waals surface area contributed by atoms with Gasteiger partial charge in [-0.2, -0.15) is 0 Å². The molecule has 0 aliphatic rings. The molecule has 0 aliphatic carbocycles. The molecule has 0 radical (unpaired) electrons. The predicted molar refractivity (Wildman–Crippen MR) is 96.2 cm³/mol. The van der Waals surface area contributed by atoms with E-state index in [0.29, 0.717) is 11.3 Å². The number of carbonyl (C=O) groups is 2. The minimum Gasteiger partial charge on any atom is -0.459 e. The molecule has 0 unspecified atom stereocenters. The van der Waals surface area contributed by atoms with Gasteiger partial charge in [-0.25, -0.2) is 4.79 Å². The Morgan fingerprint density at radius 2 is 1.79 bits per heavy atom. The number of fused-ring (bicyclic) bond motifs is 1. The number of amides is 1. The lowest BCUT2D eigenvalue weighted by molar-refractivity contribution is -0.274. The van der Waals surface area contributed by atoms with Crippen molar-refractivity contribution in [2.75, 3.05) is 6.61 Å². The Bertz CT molecular complexity index is 978. The summed E-state index contributed by atoms with van der Waals surface area (Å²) in [7, 11) is 0. The smallest absolute Gasteiger partial charge is 0.459 e. The van der Waals surface area contributed by atoms with Crippen LogP contribution in [0.1, 0.15) is 29.1 Å². The molecule has 1 atom stereocenters. The van der Waals surface area contributed by atoms with Gasteiger partial charge in [0.1, 0.15) is 17.1 Å². The fourth-order valence-electron chi connectivity index (χ4n) is 2.58. The van der Waals surface area contributed by atoms with Crippen LogP contribution in [0.3, 0.4) is 0 Å². The van der Waals surface area contributed by atoms with Crippen molar-refractivity contribution in [1.82, 2.24) is 5.32 Å². The molecule has 1 heterocycles. The highest BCUT2D eigenvalue weighted by molar-refractivity contribution is 5.91. The molecule has 0 fully saturated rings. The second-order valence-electron chi connectivity index (χ2n) is 6.12. The highest BCUT2D eigenvalue weighted by Crippen LogP contribution is 2.24. The van der Waals surface area contributed by atoms with Gasteiger partial charge in [0, 0.05) is 5.39 Å². The molecule has 9 heteroatoms. The molecule has 0 saturated heterocycles. The Hall–Kier alpha value is -3.49. The molecule has 1 amide bonds. The molecule has 3 aromatic rings. The predicted octanol–water partition coefficient (Wildman–Crippen LogP) is 4.37. The van der Waals surface area contributed by atoms with Crippen molar-refractivity contribution >= 4 is 22.8 Å². The summed E-state index contributed by atoms with van der Waals surface area (Å²) < 4.78 is 50.7. The van der Waals surface area contributed by atoms with Crippen LogP contribution in [0.15, 0.2) is 59.0 Å². The molecular formula is C20H16F3NO5. The number of rotatable bonds is 6. The summed E-state index contributed by atoms with van der Waals surface area (Å²) in [4.78, 5) is 23.9. The van der Waals surface area contributed by atoms with Crippen molar-refractivity contribution in [2.45, 2.75) is 19.3 Å². The number of hydrogen-bond donors (Lipinski definition) is 1. The van der Waals surface area contributed by atoms with Crippen LogP contribution >= 0.6 is 0 Å². The second kappa shape index (κ2) is 8.26. The van der Waals surface area contributed by atoms with E-state index in [2.05, 4.69) is 10.1 Å². The Kier molecular flexibility index (Phi) is 5.76. The summed E-state index contributed by atoms with van der Waals surface area (Å²) in [5.41, 5.74) is 0.672. The molecule has 0 aliphatic heterocycles. The SMILES string of the molecule is C[C@@H](NC(=O)COC(=O)c1ccc(OC(F)(F)F)cc1)c1cc2ccccc2o1. The van der Waals surface area contributed by atoms with E-state index in [-0.39, 0.29) is 5.56 Å². The van der Waals surface area contributed by atoms with Crippen LogP contribution in [-0.2, 0) is 9.53 Å². The molecule has 152 valence electrons. The highest BCUT2D eigenvalue weighted by Gasteiger charge is 2.31. The highest BCUT2D eigenvalue weighted by atomic mass is 19.4. The molecule has 3 rings (SSSR count). The van der Waals surface area contributed by atoms with Crippen LogP contribution in [-0.4, -0.2) is 24.8 Å². The van der Waals surface area contributed by atoms with Gasteiger partial charge in [0.05, 0.1) is 11.6 Å². The van der Waals surface area contributed by atoms with Gasteiger partial charge >= 0.3 is 12.3 Å². The van der Waals surface area contributed by atoms with E-state index in [1.807, 2.05) is 18.2 Å². The maximum Gasteiger partial charge on any atom is 0.573 e. The Balaban J connectivity index is 1.51. The van der Waals surface area contributed by atoms with Crippen LogP contribution in [0.2, 0.25) is 0 Å². The van der Waals surface area contributed by atoms with Gasteiger partial charge in [-0.1, -0.05) is 18.2 Å². The first-order valence-corrected chi connectivity index (χ1v) is 8.52. The summed E-state index contributed by atoms with van der Waals surface area (Å²) in [6.07, 6.45) is -4.82. The molecule has 0 spiro atoms. The maximum absolute atomic E-state index is 12.1. The largest absolute Gasteiger partial charge is 0.573 e. The number of para-hydroxylation sites is 1. The first-order chi connectivity index (χ1) is 13.7. The minimum atomic E-state index is -4.82. The first-order valence-electron chi connectivity index (χ1n) is 8.52. The average Bonchev–Trinajstić information content (AvgIpc) is 3.10. The van der Waals surface area contributed by atoms with Crippen LogP contribution in [0, 0.1) is 0 Å². The topological polar surface area (TPSA) is 77.8 Å². The standard InChI is InChI=1S/C20H16F3NO5/c1-12(17-10-14-4-2-3-5-16(14)28-17)24-18(25)11-27-19(26)13-6-8-15(9-7-13)29-20(21,22)23/h2-10,12H,11H2,1H3,(H,24,25)/t12-/m1/s1. The van der Waals surface area contributed by atoms with Gasteiger partial charge in [-0.05, 0) is 43.3 Å².